The number of carbonyl (C=O) groups excluding carboxylic acids is 2. The molecule has 3 amide bonds. The lowest BCUT2D eigenvalue weighted by molar-refractivity contribution is -0.137. The summed E-state index contributed by atoms with van der Waals surface area (Å²) in [4.78, 5) is 29.5. The molecular weight excluding hydrogens is 507 g/mol. The number of benzene rings is 4. The number of hydrogen-bond acceptors (Lipinski definition) is 4. The Morgan fingerprint density at radius 3 is 2.15 bits per heavy atom. The maximum absolute atomic E-state index is 13.7. The van der Waals surface area contributed by atoms with E-state index in [1.807, 2.05) is 18.2 Å². The van der Waals surface area contributed by atoms with Gasteiger partial charge < -0.3 is 9.64 Å². The van der Waals surface area contributed by atoms with Crippen LogP contribution in [0.5, 0.6) is 11.5 Å². The van der Waals surface area contributed by atoms with Gasteiger partial charge in [-0.05, 0) is 42.0 Å². The Labute approximate surface area is 222 Å². The first-order chi connectivity index (χ1) is 18.8. The van der Waals surface area contributed by atoms with Crippen molar-refractivity contribution >= 4 is 17.6 Å². The van der Waals surface area contributed by atoms with Crippen LogP contribution in [-0.4, -0.2) is 16.8 Å². The van der Waals surface area contributed by atoms with E-state index < -0.39 is 35.3 Å². The van der Waals surface area contributed by atoms with Crippen LogP contribution in [0.15, 0.2) is 103 Å². The summed E-state index contributed by atoms with van der Waals surface area (Å²) in [5.74, 6) is 0.338. The molecule has 0 saturated carbocycles. The predicted octanol–water partition coefficient (Wildman–Crippen LogP) is 7.08. The van der Waals surface area contributed by atoms with Crippen molar-refractivity contribution in [1.82, 2.24) is 4.90 Å². The fourth-order valence-corrected chi connectivity index (χ4v) is 4.48. The second kappa shape index (κ2) is 10.3. The largest absolute Gasteiger partial charge is 0.457 e. The van der Waals surface area contributed by atoms with Crippen molar-refractivity contribution in [3.63, 3.8) is 0 Å². The number of ether oxygens (including phenoxy) is 1. The maximum Gasteiger partial charge on any atom is 0.417 e. The van der Waals surface area contributed by atoms with Gasteiger partial charge in [-0.2, -0.15) is 18.4 Å². The topological polar surface area (TPSA) is 73.6 Å². The lowest BCUT2D eigenvalue weighted by atomic mass is 10.0. The number of anilines is 1. The maximum atomic E-state index is 13.7. The monoisotopic (exact) mass is 527 g/mol. The molecule has 194 valence electrons. The number of halogens is 3. The molecule has 1 fully saturated rings. The second-order valence-electron chi connectivity index (χ2n) is 8.76. The molecule has 0 radical (unpaired) electrons. The molecule has 6 nitrogen and oxygen atoms in total. The molecule has 39 heavy (non-hydrogen) atoms. The summed E-state index contributed by atoms with van der Waals surface area (Å²) in [6.45, 7) is -0.0496. The highest BCUT2D eigenvalue weighted by atomic mass is 19.4. The van der Waals surface area contributed by atoms with Gasteiger partial charge in [-0.15, -0.1) is 0 Å². The van der Waals surface area contributed by atoms with Crippen LogP contribution in [0, 0.1) is 11.3 Å². The average molecular weight is 528 g/mol. The Hall–Kier alpha value is -5.10. The minimum Gasteiger partial charge on any atom is -0.457 e. The first kappa shape index (κ1) is 25.5. The first-order valence-electron chi connectivity index (χ1n) is 11.9. The zero-order valence-electron chi connectivity index (χ0n) is 20.3. The highest BCUT2D eigenvalue weighted by Gasteiger charge is 2.47. The van der Waals surface area contributed by atoms with Gasteiger partial charge in [0.2, 0.25) is 0 Å². The van der Waals surface area contributed by atoms with E-state index in [1.165, 1.54) is 17.0 Å². The van der Waals surface area contributed by atoms with E-state index >= 15 is 0 Å². The van der Waals surface area contributed by atoms with Crippen molar-refractivity contribution in [3.05, 3.63) is 125 Å². The number of rotatable bonds is 6. The molecule has 1 unspecified atom stereocenters. The third kappa shape index (κ3) is 5.05. The number of imide groups is 1. The fourth-order valence-electron chi connectivity index (χ4n) is 4.48. The predicted molar refractivity (Wildman–Crippen MR) is 137 cm³/mol. The molecule has 1 aliphatic rings. The van der Waals surface area contributed by atoms with Gasteiger partial charge >= 0.3 is 12.2 Å². The Kier molecular flexibility index (Phi) is 6.77. The highest BCUT2D eigenvalue weighted by Crippen LogP contribution is 2.40. The Balaban J connectivity index is 1.56. The van der Waals surface area contributed by atoms with Gasteiger partial charge in [-0.3, -0.25) is 4.79 Å². The molecule has 1 atom stereocenters. The van der Waals surface area contributed by atoms with Crippen LogP contribution >= 0.6 is 0 Å². The quantitative estimate of drug-likeness (QED) is 0.251. The summed E-state index contributed by atoms with van der Waals surface area (Å²) >= 11 is 0. The number of urea groups is 1. The summed E-state index contributed by atoms with van der Waals surface area (Å²) in [5.41, 5.74) is -0.993. The van der Waals surface area contributed by atoms with E-state index in [4.69, 9.17) is 10.00 Å². The number of amides is 3. The van der Waals surface area contributed by atoms with Crippen LogP contribution in [0.3, 0.4) is 0 Å². The minimum absolute atomic E-state index is 0.0496. The van der Waals surface area contributed by atoms with Gasteiger partial charge in [0.1, 0.15) is 17.5 Å². The summed E-state index contributed by atoms with van der Waals surface area (Å²) in [6, 6.07) is 27.0. The summed E-state index contributed by atoms with van der Waals surface area (Å²) in [5, 5.41) is 9.15. The van der Waals surface area contributed by atoms with Gasteiger partial charge in [-0.1, -0.05) is 66.7 Å². The molecule has 4 aromatic rings. The molecule has 0 aliphatic carbocycles. The standard InChI is InChI=1S/C30H20F3N3O3/c31-30(32,33)25-17-23(16-15-21(25)18-34)36-28(37)27(20-9-3-1-4-10-20)35(29(36)38)19-22-11-7-8-14-26(22)39-24-12-5-2-6-13-24/h1-17,27H,19H2. The van der Waals surface area contributed by atoms with E-state index in [0.717, 1.165) is 11.0 Å². The molecule has 9 heteroatoms. The summed E-state index contributed by atoms with van der Waals surface area (Å²) < 4.78 is 47.0. The third-order valence-corrected chi connectivity index (χ3v) is 6.29. The van der Waals surface area contributed by atoms with Crippen molar-refractivity contribution in [2.24, 2.45) is 0 Å². The molecule has 0 aromatic heterocycles. The average Bonchev–Trinajstić information content (AvgIpc) is 3.18. The Morgan fingerprint density at radius 2 is 1.49 bits per heavy atom. The van der Waals surface area contributed by atoms with E-state index in [2.05, 4.69) is 0 Å². The van der Waals surface area contributed by atoms with Crippen LogP contribution in [0.1, 0.15) is 28.3 Å². The van der Waals surface area contributed by atoms with Crippen LogP contribution in [0.4, 0.5) is 23.7 Å². The molecule has 0 bridgehead atoms. The lowest BCUT2D eigenvalue weighted by Gasteiger charge is -2.23. The Morgan fingerprint density at radius 1 is 0.846 bits per heavy atom. The number of nitrogens with zero attached hydrogens (tertiary/aromatic N) is 3. The third-order valence-electron chi connectivity index (χ3n) is 6.29. The van der Waals surface area contributed by atoms with Crippen LogP contribution < -0.4 is 9.64 Å². The molecule has 1 aliphatic heterocycles. The van der Waals surface area contributed by atoms with Crippen LogP contribution in [-0.2, 0) is 17.5 Å². The zero-order chi connectivity index (χ0) is 27.6. The van der Waals surface area contributed by atoms with E-state index in [1.54, 1.807) is 66.7 Å². The number of para-hydroxylation sites is 2. The number of carbonyl (C=O) groups is 2. The number of nitriles is 1. The van der Waals surface area contributed by atoms with Crippen molar-refractivity contribution in [2.45, 2.75) is 18.8 Å². The fraction of sp³-hybridized carbons (Fsp3) is 0.100. The van der Waals surface area contributed by atoms with Crippen LogP contribution in [0.25, 0.3) is 0 Å². The van der Waals surface area contributed by atoms with E-state index in [-0.39, 0.29) is 12.2 Å². The van der Waals surface area contributed by atoms with E-state index in [9.17, 15) is 22.8 Å². The van der Waals surface area contributed by atoms with Gasteiger partial charge in [0, 0.05) is 5.56 Å². The molecule has 4 aromatic carbocycles. The van der Waals surface area contributed by atoms with Gasteiger partial charge in [-0.25, -0.2) is 9.69 Å². The molecule has 1 heterocycles. The zero-order valence-corrected chi connectivity index (χ0v) is 20.3. The van der Waals surface area contributed by atoms with Crippen LogP contribution in [0.2, 0.25) is 0 Å². The highest BCUT2D eigenvalue weighted by molar-refractivity contribution is 6.21. The van der Waals surface area contributed by atoms with Gasteiger partial charge in [0.15, 0.2) is 0 Å². The Bertz CT molecular complexity index is 1570. The SMILES string of the molecule is N#Cc1ccc(N2C(=O)C(c3ccccc3)N(Cc3ccccc3Oc3ccccc3)C2=O)cc1C(F)(F)F. The van der Waals surface area contributed by atoms with Gasteiger partial charge in [0.25, 0.3) is 5.91 Å². The molecule has 5 rings (SSSR count). The van der Waals surface area contributed by atoms with Crippen molar-refractivity contribution < 1.29 is 27.5 Å². The summed E-state index contributed by atoms with van der Waals surface area (Å²) in [7, 11) is 0. The minimum atomic E-state index is -4.85. The smallest absolute Gasteiger partial charge is 0.417 e. The lowest BCUT2D eigenvalue weighted by Crippen LogP contribution is -2.33. The number of hydrogen-bond donors (Lipinski definition) is 0. The van der Waals surface area contributed by atoms with Crippen molar-refractivity contribution in [3.8, 4) is 17.6 Å². The normalized spacial score (nSPS) is 15.4. The van der Waals surface area contributed by atoms with E-state index in [0.29, 0.717) is 28.7 Å². The molecule has 1 saturated heterocycles. The number of alkyl halides is 3. The van der Waals surface area contributed by atoms with Gasteiger partial charge in [0.05, 0.1) is 29.4 Å². The molecule has 0 N–H and O–H groups in total. The summed E-state index contributed by atoms with van der Waals surface area (Å²) in [6.07, 6.45) is -4.85. The molecule has 0 spiro atoms. The van der Waals surface area contributed by atoms with Crippen molar-refractivity contribution in [2.75, 3.05) is 4.90 Å². The first-order valence-corrected chi connectivity index (χ1v) is 11.9. The second-order valence-corrected chi connectivity index (χ2v) is 8.76. The molecular formula is C30H20F3N3O3. The van der Waals surface area contributed by atoms with Crippen molar-refractivity contribution in [1.29, 1.82) is 5.26 Å².